The Morgan fingerprint density at radius 2 is 2.15 bits per heavy atom. The predicted molar refractivity (Wildman–Crippen MR) is 81.2 cm³/mol. The van der Waals surface area contributed by atoms with E-state index in [4.69, 9.17) is 4.84 Å². The average Bonchev–Trinajstić information content (AvgIpc) is 2.44. The summed E-state index contributed by atoms with van der Waals surface area (Å²) in [5.74, 6) is -0.280. The highest BCUT2D eigenvalue weighted by Crippen LogP contribution is 2.22. The van der Waals surface area contributed by atoms with Gasteiger partial charge in [0.2, 0.25) is 0 Å². The number of hydroxylamine groups is 1. The van der Waals surface area contributed by atoms with Gasteiger partial charge >= 0.3 is 0 Å². The minimum atomic E-state index is -0.280. The second-order valence-corrected chi connectivity index (χ2v) is 5.12. The van der Waals surface area contributed by atoms with Crippen LogP contribution in [0.15, 0.2) is 40.9 Å². The summed E-state index contributed by atoms with van der Waals surface area (Å²) in [5.41, 5.74) is 5.38. The van der Waals surface area contributed by atoms with Crippen molar-refractivity contribution >= 4 is 21.8 Å². The molecule has 1 amide bonds. The maximum Gasteiger partial charge on any atom is 0.276 e. The van der Waals surface area contributed by atoms with Gasteiger partial charge in [0.1, 0.15) is 0 Å². The van der Waals surface area contributed by atoms with Gasteiger partial charge in [-0.05, 0) is 38.1 Å². The maximum atomic E-state index is 11.8. The number of amides is 1. The number of pyridine rings is 1. The molecule has 2 aromatic rings. The Balaban J connectivity index is 2.28. The third kappa shape index (κ3) is 3.43. The summed E-state index contributed by atoms with van der Waals surface area (Å²) in [5, 5.41) is 0. The summed E-state index contributed by atoms with van der Waals surface area (Å²) < 4.78 is 0.993. The van der Waals surface area contributed by atoms with Gasteiger partial charge in [-0.1, -0.05) is 28.1 Å². The molecule has 0 atom stereocenters. The summed E-state index contributed by atoms with van der Waals surface area (Å²) >= 11 is 3.44. The molecule has 0 spiro atoms. The SMILES string of the molecule is CCONC(=O)c1ccc(-c2cccc(Br)c2)nc1C. The number of rotatable bonds is 4. The highest BCUT2D eigenvalue weighted by molar-refractivity contribution is 9.10. The van der Waals surface area contributed by atoms with Crippen molar-refractivity contribution in [3.8, 4) is 11.3 Å². The highest BCUT2D eigenvalue weighted by atomic mass is 79.9. The standard InChI is InChI=1S/C15H15BrN2O2/c1-3-20-18-15(19)13-7-8-14(17-10(13)2)11-5-4-6-12(16)9-11/h4-9H,3H2,1-2H3,(H,18,19). The second kappa shape index (κ2) is 6.63. The van der Waals surface area contributed by atoms with Crippen molar-refractivity contribution in [3.63, 3.8) is 0 Å². The molecule has 0 saturated carbocycles. The molecule has 0 unspecified atom stereocenters. The molecule has 5 heteroatoms. The number of nitrogens with zero attached hydrogens (tertiary/aromatic N) is 1. The molecule has 0 aliphatic carbocycles. The molecule has 2 rings (SSSR count). The molecule has 0 bridgehead atoms. The number of hydrogen-bond donors (Lipinski definition) is 1. The van der Waals surface area contributed by atoms with Gasteiger partial charge in [0.25, 0.3) is 5.91 Å². The zero-order chi connectivity index (χ0) is 14.5. The van der Waals surface area contributed by atoms with E-state index in [0.717, 1.165) is 15.7 Å². The van der Waals surface area contributed by atoms with Crippen LogP contribution < -0.4 is 5.48 Å². The van der Waals surface area contributed by atoms with Crippen LogP contribution in [0.2, 0.25) is 0 Å². The molecule has 4 nitrogen and oxygen atoms in total. The van der Waals surface area contributed by atoms with Gasteiger partial charge in [0.15, 0.2) is 0 Å². The Labute approximate surface area is 126 Å². The molecule has 0 radical (unpaired) electrons. The van der Waals surface area contributed by atoms with Gasteiger partial charge in [-0.2, -0.15) is 0 Å². The minimum absolute atomic E-state index is 0.280. The van der Waals surface area contributed by atoms with Crippen molar-refractivity contribution in [1.29, 1.82) is 0 Å². The lowest BCUT2D eigenvalue weighted by Gasteiger charge is -2.08. The number of aryl methyl sites for hydroxylation is 1. The van der Waals surface area contributed by atoms with E-state index in [1.807, 2.05) is 44.2 Å². The topological polar surface area (TPSA) is 51.2 Å². The fraction of sp³-hybridized carbons (Fsp3) is 0.200. The molecular formula is C15H15BrN2O2. The third-order valence-electron chi connectivity index (χ3n) is 2.76. The van der Waals surface area contributed by atoms with Crippen molar-refractivity contribution in [2.75, 3.05) is 6.61 Å². The van der Waals surface area contributed by atoms with Gasteiger partial charge in [0.05, 0.1) is 23.6 Å². The molecule has 1 N–H and O–H groups in total. The molecular weight excluding hydrogens is 320 g/mol. The maximum absolute atomic E-state index is 11.8. The lowest BCUT2D eigenvalue weighted by molar-refractivity contribution is 0.0363. The van der Waals surface area contributed by atoms with Crippen molar-refractivity contribution in [2.45, 2.75) is 13.8 Å². The number of carbonyl (C=O) groups is 1. The molecule has 104 valence electrons. The smallest absolute Gasteiger partial charge is 0.274 e. The number of halogens is 1. The Hall–Kier alpha value is -1.72. The summed E-state index contributed by atoms with van der Waals surface area (Å²) in [7, 11) is 0. The van der Waals surface area contributed by atoms with Crippen LogP contribution in [-0.2, 0) is 4.84 Å². The summed E-state index contributed by atoms with van der Waals surface area (Å²) in [4.78, 5) is 21.2. The quantitative estimate of drug-likeness (QED) is 0.870. The zero-order valence-electron chi connectivity index (χ0n) is 11.3. The molecule has 0 saturated heterocycles. The molecule has 1 aromatic carbocycles. The summed E-state index contributed by atoms with van der Waals surface area (Å²) in [6.07, 6.45) is 0. The second-order valence-electron chi connectivity index (χ2n) is 4.20. The Morgan fingerprint density at radius 1 is 1.35 bits per heavy atom. The fourth-order valence-electron chi connectivity index (χ4n) is 1.80. The zero-order valence-corrected chi connectivity index (χ0v) is 12.9. The Bertz CT molecular complexity index is 629. The number of hydrogen-bond acceptors (Lipinski definition) is 3. The number of carbonyl (C=O) groups excluding carboxylic acids is 1. The minimum Gasteiger partial charge on any atom is -0.274 e. The normalized spacial score (nSPS) is 10.3. The monoisotopic (exact) mass is 334 g/mol. The number of benzene rings is 1. The number of aromatic nitrogens is 1. The van der Waals surface area contributed by atoms with E-state index in [-0.39, 0.29) is 5.91 Å². The van der Waals surface area contributed by atoms with Crippen LogP contribution in [0, 0.1) is 6.92 Å². The largest absolute Gasteiger partial charge is 0.276 e. The van der Waals surface area contributed by atoms with Gasteiger partial charge in [0, 0.05) is 10.0 Å². The van der Waals surface area contributed by atoms with Gasteiger partial charge in [-0.15, -0.1) is 0 Å². The fourth-order valence-corrected chi connectivity index (χ4v) is 2.20. The predicted octanol–water partition coefficient (Wildman–Crippen LogP) is 3.50. The summed E-state index contributed by atoms with van der Waals surface area (Å²) in [6, 6.07) is 11.5. The van der Waals surface area contributed by atoms with Crippen LogP contribution in [0.25, 0.3) is 11.3 Å². The van der Waals surface area contributed by atoms with Gasteiger partial charge < -0.3 is 0 Å². The van der Waals surface area contributed by atoms with Crippen molar-refractivity contribution in [3.05, 3.63) is 52.1 Å². The van der Waals surface area contributed by atoms with Crippen LogP contribution in [-0.4, -0.2) is 17.5 Å². The Kier molecular flexibility index (Phi) is 4.87. The Morgan fingerprint density at radius 3 is 2.80 bits per heavy atom. The van der Waals surface area contributed by atoms with E-state index < -0.39 is 0 Å². The first-order chi connectivity index (χ1) is 9.61. The molecule has 0 aliphatic rings. The first-order valence-electron chi connectivity index (χ1n) is 6.27. The van der Waals surface area contributed by atoms with E-state index in [1.54, 1.807) is 6.07 Å². The lowest BCUT2D eigenvalue weighted by atomic mass is 10.1. The van der Waals surface area contributed by atoms with Crippen molar-refractivity contribution in [1.82, 2.24) is 10.5 Å². The first-order valence-corrected chi connectivity index (χ1v) is 7.07. The molecule has 20 heavy (non-hydrogen) atoms. The average molecular weight is 335 g/mol. The van der Waals surface area contributed by atoms with E-state index in [2.05, 4.69) is 26.4 Å². The van der Waals surface area contributed by atoms with E-state index >= 15 is 0 Å². The van der Waals surface area contributed by atoms with E-state index in [0.29, 0.717) is 17.9 Å². The summed E-state index contributed by atoms with van der Waals surface area (Å²) in [6.45, 7) is 4.04. The van der Waals surface area contributed by atoms with Crippen LogP contribution >= 0.6 is 15.9 Å². The lowest BCUT2D eigenvalue weighted by Crippen LogP contribution is -2.24. The van der Waals surface area contributed by atoms with Crippen LogP contribution in [0.3, 0.4) is 0 Å². The molecule has 0 aliphatic heterocycles. The third-order valence-corrected chi connectivity index (χ3v) is 3.25. The van der Waals surface area contributed by atoms with E-state index in [9.17, 15) is 4.79 Å². The van der Waals surface area contributed by atoms with Gasteiger partial charge in [-0.25, -0.2) is 5.48 Å². The molecule has 1 aromatic heterocycles. The van der Waals surface area contributed by atoms with Crippen LogP contribution in [0.1, 0.15) is 23.0 Å². The van der Waals surface area contributed by atoms with Gasteiger partial charge in [-0.3, -0.25) is 14.6 Å². The first kappa shape index (κ1) is 14.7. The van der Waals surface area contributed by atoms with E-state index in [1.165, 1.54) is 0 Å². The van der Waals surface area contributed by atoms with Crippen LogP contribution in [0.4, 0.5) is 0 Å². The molecule has 0 fully saturated rings. The highest BCUT2D eigenvalue weighted by Gasteiger charge is 2.11. The van der Waals surface area contributed by atoms with Crippen molar-refractivity contribution < 1.29 is 9.63 Å². The molecule has 1 heterocycles. The van der Waals surface area contributed by atoms with Crippen molar-refractivity contribution in [2.24, 2.45) is 0 Å². The number of nitrogens with one attached hydrogen (secondary N) is 1. The van der Waals surface area contributed by atoms with Crippen LogP contribution in [0.5, 0.6) is 0 Å².